The zero-order valence-electron chi connectivity index (χ0n) is 11.8. The van der Waals surface area contributed by atoms with E-state index in [1.54, 1.807) is 6.20 Å². The minimum absolute atomic E-state index is 0.0913. The second-order valence-electron chi connectivity index (χ2n) is 5.16. The molecule has 0 saturated carbocycles. The van der Waals surface area contributed by atoms with Crippen LogP contribution in [0.25, 0.3) is 0 Å². The van der Waals surface area contributed by atoms with Crippen molar-refractivity contribution in [1.82, 2.24) is 20.1 Å². The summed E-state index contributed by atoms with van der Waals surface area (Å²) in [4.78, 5) is 20.6. The normalized spacial score (nSPS) is 24.8. The highest BCUT2D eigenvalue weighted by Gasteiger charge is 2.35. The summed E-state index contributed by atoms with van der Waals surface area (Å²) in [6.45, 7) is 4.42. The van der Waals surface area contributed by atoms with Crippen LogP contribution in [-0.4, -0.2) is 60.0 Å². The summed E-state index contributed by atoms with van der Waals surface area (Å²) in [6.07, 6.45) is 3.64. The van der Waals surface area contributed by atoms with E-state index in [4.69, 9.17) is 0 Å². The van der Waals surface area contributed by atoms with E-state index >= 15 is 0 Å². The number of aromatic nitrogens is 1. The maximum Gasteiger partial charge on any atom is 0.241 e. The standard InChI is InChI=1S/C14H22N4O/c1-11-9-18(10-12-5-4-6-16-7-12)13(8-15-2)14(19)17(11)3/h4-7,11,13,15H,8-10H2,1-3H3. The van der Waals surface area contributed by atoms with Gasteiger partial charge in [-0.1, -0.05) is 6.07 Å². The molecule has 104 valence electrons. The van der Waals surface area contributed by atoms with Crippen molar-refractivity contribution in [2.75, 3.05) is 27.2 Å². The Bertz CT molecular complexity index is 423. The Morgan fingerprint density at radius 1 is 1.53 bits per heavy atom. The molecule has 2 atom stereocenters. The van der Waals surface area contributed by atoms with Gasteiger partial charge in [-0.15, -0.1) is 0 Å². The van der Waals surface area contributed by atoms with Crippen LogP contribution < -0.4 is 5.32 Å². The Morgan fingerprint density at radius 2 is 2.32 bits per heavy atom. The summed E-state index contributed by atoms with van der Waals surface area (Å²) in [6, 6.07) is 4.14. The number of nitrogens with zero attached hydrogens (tertiary/aromatic N) is 3. The fourth-order valence-electron chi connectivity index (χ4n) is 2.51. The molecule has 5 nitrogen and oxygen atoms in total. The zero-order valence-corrected chi connectivity index (χ0v) is 11.8. The van der Waals surface area contributed by atoms with Gasteiger partial charge in [-0.2, -0.15) is 0 Å². The first-order chi connectivity index (χ1) is 9.13. The van der Waals surface area contributed by atoms with Gasteiger partial charge in [0.05, 0.1) is 0 Å². The fraction of sp³-hybridized carbons (Fsp3) is 0.571. The molecule has 1 amide bonds. The third-order valence-corrected chi connectivity index (χ3v) is 3.74. The average Bonchev–Trinajstić information content (AvgIpc) is 2.42. The van der Waals surface area contributed by atoms with E-state index in [9.17, 15) is 4.79 Å². The number of likely N-dealkylation sites (N-methyl/N-ethyl adjacent to an activating group) is 2. The van der Waals surface area contributed by atoms with E-state index in [-0.39, 0.29) is 18.0 Å². The number of carbonyl (C=O) groups is 1. The first-order valence-electron chi connectivity index (χ1n) is 6.67. The molecule has 5 heteroatoms. The highest BCUT2D eigenvalue weighted by atomic mass is 16.2. The van der Waals surface area contributed by atoms with Gasteiger partial charge in [0.2, 0.25) is 5.91 Å². The molecular formula is C14H22N4O. The third kappa shape index (κ3) is 3.11. The van der Waals surface area contributed by atoms with Crippen LogP contribution >= 0.6 is 0 Å². The Hall–Kier alpha value is -1.46. The zero-order chi connectivity index (χ0) is 13.8. The van der Waals surface area contributed by atoms with Crippen molar-refractivity contribution in [2.45, 2.75) is 25.6 Å². The number of amides is 1. The minimum Gasteiger partial charge on any atom is -0.340 e. The SMILES string of the molecule is CNCC1C(=O)N(C)C(C)CN1Cc1cccnc1. The van der Waals surface area contributed by atoms with Gasteiger partial charge in [0.25, 0.3) is 0 Å². The Morgan fingerprint density at radius 3 is 2.95 bits per heavy atom. The first-order valence-corrected chi connectivity index (χ1v) is 6.67. The molecule has 1 aliphatic heterocycles. The molecule has 1 saturated heterocycles. The molecule has 0 bridgehead atoms. The minimum atomic E-state index is -0.0913. The third-order valence-electron chi connectivity index (χ3n) is 3.74. The molecule has 0 aliphatic carbocycles. The van der Waals surface area contributed by atoms with Gasteiger partial charge in [0, 0.05) is 45.1 Å². The molecule has 0 radical (unpaired) electrons. The number of hydrogen-bond donors (Lipinski definition) is 1. The summed E-state index contributed by atoms with van der Waals surface area (Å²) in [5.74, 6) is 0.192. The quantitative estimate of drug-likeness (QED) is 0.849. The summed E-state index contributed by atoms with van der Waals surface area (Å²) >= 11 is 0. The van der Waals surface area contributed by atoms with Crippen molar-refractivity contribution in [2.24, 2.45) is 0 Å². The number of pyridine rings is 1. The topological polar surface area (TPSA) is 48.5 Å². The lowest BCUT2D eigenvalue weighted by Gasteiger charge is -2.43. The predicted molar refractivity (Wildman–Crippen MR) is 74.6 cm³/mol. The van der Waals surface area contributed by atoms with Gasteiger partial charge in [0.1, 0.15) is 6.04 Å². The Kier molecular flexibility index (Phi) is 4.50. The molecule has 2 unspecified atom stereocenters. The lowest BCUT2D eigenvalue weighted by Crippen LogP contribution is -2.61. The smallest absolute Gasteiger partial charge is 0.241 e. The predicted octanol–water partition coefficient (Wildman–Crippen LogP) is 0.332. The van der Waals surface area contributed by atoms with Crippen molar-refractivity contribution in [1.29, 1.82) is 0 Å². The molecule has 2 heterocycles. The van der Waals surface area contributed by atoms with Gasteiger partial charge >= 0.3 is 0 Å². The number of rotatable bonds is 4. The van der Waals surface area contributed by atoms with E-state index in [2.05, 4.69) is 28.2 Å². The van der Waals surface area contributed by atoms with Gasteiger partial charge in [-0.05, 0) is 25.6 Å². The first kappa shape index (κ1) is 14.0. The monoisotopic (exact) mass is 262 g/mol. The second kappa shape index (κ2) is 6.12. The van der Waals surface area contributed by atoms with Gasteiger partial charge < -0.3 is 10.2 Å². The van der Waals surface area contributed by atoms with Crippen LogP contribution in [0.2, 0.25) is 0 Å². The maximum absolute atomic E-state index is 12.4. The van der Waals surface area contributed by atoms with E-state index in [0.717, 1.165) is 18.7 Å². The van der Waals surface area contributed by atoms with Gasteiger partial charge in [-0.3, -0.25) is 14.7 Å². The maximum atomic E-state index is 12.4. The van der Waals surface area contributed by atoms with Crippen LogP contribution in [0, 0.1) is 0 Å². The van der Waals surface area contributed by atoms with Crippen molar-refractivity contribution in [3.05, 3.63) is 30.1 Å². The van der Waals surface area contributed by atoms with E-state index in [1.807, 2.05) is 31.3 Å². The number of nitrogens with one attached hydrogen (secondary N) is 1. The molecule has 0 spiro atoms. The number of hydrogen-bond acceptors (Lipinski definition) is 4. The molecule has 1 aromatic rings. The molecule has 1 aliphatic rings. The molecule has 1 fully saturated rings. The summed E-state index contributed by atoms with van der Waals surface area (Å²) < 4.78 is 0. The molecular weight excluding hydrogens is 240 g/mol. The van der Waals surface area contributed by atoms with Crippen molar-refractivity contribution >= 4 is 5.91 Å². The van der Waals surface area contributed by atoms with Crippen LogP contribution in [0.15, 0.2) is 24.5 Å². The van der Waals surface area contributed by atoms with Crippen molar-refractivity contribution < 1.29 is 4.79 Å². The number of piperazine rings is 1. The van der Waals surface area contributed by atoms with Crippen LogP contribution in [0.3, 0.4) is 0 Å². The highest BCUT2D eigenvalue weighted by Crippen LogP contribution is 2.17. The van der Waals surface area contributed by atoms with Gasteiger partial charge in [-0.25, -0.2) is 0 Å². The van der Waals surface area contributed by atoms with Crippen LogP contribution in [0.5, 0.6) is 0 Å². The van der Waals surface area contributed by atoms with Crippen molar-refractivity contribution in [3.63, 3.8) is 0 Å². The number of carbonyl (C=O) groups excluding carboxylic acids is 1. The van der Waals surface area contributed by atoms with E-state index in [1.165, 1.54) is 0 Å². The summed E-state index contributed by atoms with van der Waals surface area (Å²) in [5.41, 5.74) is 1.15. The molecule has 0 aromatic carbocycles. The lowest BCUT2D eigenvalue weighted by atomic mass is 10.1. The largest absolute Gasteiger partial charge is 0.340 e. The molecule has 1 N–H and O–H groups in total. The highest BCUT2D eigenvalue weighted by molar-refractivity contribution is 5.83. The average molecular weight is 262 g/mol. The van der Waals surface area contributed by atoms with E-state index < -0.39 is 0 Å². The van der Waals surface area contributed by atoms with Gasteiger partial charge in [0.15, 0.2) is 0 Å². The lowest BCUT2D eigenvalue weighted by molar-refractivity contribution is -0.143. The second-order valence-corrected chi connectivity index (χ2v) is 5.16. The Balaban J connectivity index is 2.14. The summed E-state index contributed by atoms with van der Waals surface area (Å²) in [5, 5.41) is 3.11. The van der Waals surface area contributed by atoms with Crippen molar-refractivity contribution in [3.8, 4) is 0 Å². The molecule has 19 heavy (non-hydrogen) atoms. The van der Waals surface area contributed by atoms with Crippen LogP contribution in [0.1, 0.15) is 12.5 Å². The molecule has 1 aromatic heterocycles. The van der Waals surface area contributed by atoms with Crippen LogP contribution in [-0.2, 0) is 11.3 Å². The molecule has 2 rings (SSSR count). The Labute approximate surface area is 114 Å². The van der Waals surface area contributed by atoms with E-state index in [0.29, 0.717) is 6.54 Å². The fourth-order valence-corrected chi connectivity index (χ4v) is 2.51. The summed E-state index contributed by atoms with van der Waals surface area (Å²) in [7, 11) is 3.77. The van der Waals surface area contributed by atoms with Crippen LogP contribution in [0.4, 0.5) is 0 Å².